The fourth-order valence-corrected chi connectivity index (χ4v) is 2.64. The van der Waals surface area contributed by atoms with E-state index < -0.39 is 0 Å². The molecule has 24 heavy (non-hydrogen) atoms. The van der Waals surface area contributed by atoms with Crippen molar-refractivity contribution in [3.63, 3.8) is 0 Å². The molecule has 0 fully saturated rings. The molecule has 1 atom stereocenters. The smallest absolute Gasteiger partial charge is 0.159 e. The van der Waals surface area contributed by atoms with Crippen molar-refractivity contribution in [3.05, 3.63) is 73.1 Å². The Balaban J connectivity index is 1.64. The zero-order valence-corrected chi connectivity index (χ0v) is 13.2. The van der Waals surface area contributed by atoms with Gasteiger partial charge in [0, 0.05) is 12.4 Å². The summed E-state index contributed by atoms with van der Waals surface area (Å²) in [6.07, 6.45) is 8.79. The van der Waals surface area contributed by atoms with Gasteiger partial charge in [0.05, 0.1) is 29.5 Å². The summed E-state index contributed by atoms with van der Waals surface area (Å²) in [6, 6.07) is 12.0. The van der Waals surface area contributed by atoms with Gasteiger partial charge in [0.25, 0.3) is 0 Å². The quantitative estimate of drug-likeness (QED) is 0.625. The maximum atomic E-state index is 4.66. The number of rotatable bonds is 4. The molecule has 0 saturated carbocycles. The topological polar surface area (TPSA) is 68.5 Å². The van der Waals surface area contributed by atoms with E-state index in [1.54, 1.807) is 31.1 Å². The maximum Gasteiger partial charge on any atom is 0.159 e. The van der Waals surface area contributed by atoms with Crippen LogP contribution in [0.3, 0.4) is 0 Å². The number of imidazole rings is 1. The van der Waals surface area contributed by atoms with E-state index in [0.717, 1.165) is 28.2 Å². The average Bonchev–Trinajstić information content (AvgIpc) is 3.07. The molecule has 0 amide bonds. The van der Waals surface area contributed by atoms with Gasteiger partial charge < -0.3 is 5.32 Å². The van der Waals surface area contributed by atoms with Crippen LogP contribution in [-0.4, -0.2) is 24.5 Å². The highest BCUT2D eigenvalue weighted by molar-refractivity contribution is 5.76. The van der Waals surface area contributed by atoms with Crippen molar-refractivity contribution in [1.82, 2.24) is 24.5 Å². The molecule has 0 radical (unpaired) electrons. The Kier molecular flexibility index (Phi) is 3.63. The molecule has 1 unspecified atom stereocenters. The second kappa shape index (κ2) is 6.08. The normalized spacial score (nSPS) is 12.2. The fourth-order valence-electron chi connectivity index (χ4n) is 2.64. The number of aromatic nitrogens is 5. The Hall–Kier alpha value is -3.28. The number of para-hydroxylation sites is 2. The minimum Gasteiger partial charge on any atom is -0.362 e. The lowest BCUT2D eigenvalue weighted by Crippen LogP contribution is -2.09. The Morgan fingerprint density at radius 2 is 1.83 bits per heavy atom. The zero-order chi connectivity index (χ0) is 16.4. The highest BCUT2D eigenvalue weighted by Gasteiger charge is 2.09. The van der Waals surface area contributed by atoms with Gasteiger partial charge in [-0.25, -0.2) is 9.97 Å². The van der Waals surface area contributed by atoms with Gasteiger partial charge in [0.2, 0.25) is 0 Å². The number of benzene rings is 1. The van der Waals surface area contributed by atoms with Crippen LogP contribution in [-0.2, 0) is 0 Å². The number of nitrogens with zero attached hydrogens (tertiary/aromatic N) is 5. The van der Waals surface area contributed by atoms with Crippen molar-refractivity contribution >= 4 is 16.9 Å². The minimum absolute atomic E-state index is 0.108. The Labute approximate surface area is 139 Å². The molecule has 6 heteroatoms. The van der Waals surface area contributed by atoms with Crippen molar-refractivity contribution < 1.29 is 0 Å². The molecule has 118 valence electrons. The lowest BCUT2D eigenvalue weighted by molar-refractivity contribution is 0.862. The number of hydrogen-bond donors (Lipinski definition) is 1. The van der Waals surface area contributed by atoms with E-state index in [2.05, 4.69) is 32.2 Å². The molecule has 3 heterocycles. The standard InChI is InChI=1S/C18H16N6/c1-13(14-6-8-19-9-7-14)22-17-10-20-11-18(23-17)24-12-21-15-4-2-3-5-16(15)24/h2-13H,1H3,(H,22,23). The molecule has 0 aliphatic carbocycles. The van der Waals surface area contributed by atoms with Gasteiger partial charge in [-0.15, -0.1) is 0 Å². The van der Waals surface area contributed by atoms with Crippen LogP contribution in [0.15, 0.2) is 67.5 Å². The van der Waals surface area contributed by atoms with Gasteiger partial charge >= 0.3 is 0 Å². The highest BCUT2D eigenvalue weighted by atomic mass is 15.2. The van der Waals surface area contributed by atoms with E-state index >= 15 is 0 Å². The van der Waals surface area contributed by atoms with E-state index in [9.17, 15) is 0 Å². The zero-order valence-electron chi connectivity index (χ0n) is 13.2. The molecule has 0 bridgehead atoms. The minimum atomic E-state index is 0.108. The first-order valence-electron chi connectivity index (χ1n) is 7.72. The van der Waals surface area contributed by atoms with Crippen molar-refractivity contribution in [2.24, 2.45) is 0 Å². The molecule has 0 aliphatic rings. The first-order valence-corrected chi connectivity index (χ1v) is 7.72. The second-order valence-corrected chi connectivity index (χ2v) is 5.51. The van der Waals surface area contributed by atoms with Gasteiger partial charge in [0.15, 0.2) is 5.82 Å². The van der Waals surface area contributed by atoms with Crippen LogP contribution in [0.25, 0.3) is 16.9 Å². The van der Waals surface area contributed by atoms with Crippen LogP contribution in [0.2, 0.25) is 0 Å². The monoisotopic (exact) mass is 316 g/mol. The lowest BCUT2D eigenvalue weighted by Gasteiger charge is -2.15. The van der Waals surface area contributed by atoms with Crippen LogP contribution in [0, 0.1) is 0 Å². The molecular weight excluding hydrogens is 300 g/mol. The van der Waals surface area contributed by atoms with Crippen LogP contribution in [0.4, 0.5) is 5.82 Å². The highest BCUT2D eigenvalue weighted by Crippen LogP contribution is 2.19. The van der Waals surface area contributed by atoms with Gasteiger partial charge in [-0.3, -0.25) is 14.5 Å². The molecule has 4 aromatic rings. The summed E-state index contributed by atoms with van der Waals surface area (Å²) in [5.74, 6) is 1.45. The third-order valence-corrected chi connectivity index (χ3v) is 3.89. The molecule has 6 nitrogen and oxygen atoms in total. The largest absolute Gasteiger partial charge is 0.362 e. The molecule has 3 aromatic heterocycles. The van der Waals surface area contributed by atoms with E-state index in [0.29, 0.717) is 0 Å². The summed E-state index contributed by atoms with van der Waals surface area (Å²) in [6.45, 7) is 2.08. The van der Waals surface area contributed by atoms with Crippen molar-refractivity contribution in [2.75, 3.05) is 5.32 Å². The SMILES string of the molecule is CC(Nc1cncc(-n2cnc3ccccc32)n1)c1ccncc1. The summed E-state index contributed by atoms with van der Waals surface area (Å²) in [4.78, 5) is 17.4. The summed E-state index contributed by atoms with van der Waals surface area (Å²) < 4.78 is 1.94. The molecule has 1 aromatic carbocycles. The molecule has 0 aliphatic heterocycles. The predicted octanol–water partition coefficient (Wildman–Crippen LogP) is 3.38. The van der Waals surface area contributed by atoms with Crippen LogP contribution in [0.5, 0.6) is 0 Å². The second-order valence-electron chi connectivity index (χ2n) is 5.51. The Morgan fingerprint density at radius 1 is 1.00 bits per heavy atom. The van der Waals surface area contributed by atoms with E-state index in [4.69, 9.17) is 0 Å². The van der Waals surface area contributed by atoms with Gasteiger partial charge in [-0.2, -0.15) is 0 Å². The van der Waals surface area contributed by atoms with E-state index in [1.165, 1.54) is 0 Å². The maximum absolute atomic E-state index is 4.66. The number of hydrogen-bond acceptors (Lipinski definition) is 5. The molecule has 0 saturated heterocycles. The van der Waals surface area contributed by atoms with Crippen molar-refractivity contribution in [2.45, 2.75) is 13.0 Å². The third kappa shape index (κ3) is 2.69. The number of nitrogens with one attached hydrogen (secondary N) is 1. The summed E-state index contributed by atoms with van der Waals surface area (Å²) in [5.41, 5.74) is 3.08. The summed E-state index contributed by atoms with van der Waals surface area (Å²) in [5, 5.41) is 3.37. The number of anilines is 1. The van der Waals surface area contributed by atoms with Crippen LogP contribution < -0.4 is 5.32 Å². The molecule has 1 N–H and O–H groups in total. The average molecular weight is 316 g/mol. The van der Waals surface area contributed by atoms with Gasteiger partial charge in [-0.05, 0) is 36.8 Å². The Morgan fingerprint density at radius 3 is 2.71 bits per heavy atom. The molecular formula is C18H16N6. The fraction of sp³-hybridized carbons (Fsp3) is 0.111. The third-order valence-electron chi connectivity index (χ3n) is 3.89. The van der Waals surface area contributed by atoms with Crippen molar-refractivity contribution in [1.29, 1.82) is 0 Å². The molecule has 0 spiro atoms. The van der Waals surface area contributed by atoms with Crippen LogP contribution >= 0.6 is 0 Å². The first-order chi connectivity index (χ1) is 11.8. The van der Waals surface area contributed by atoms with E-state index in [1.807, 2.05) is 41.0 Å². The first kappa shape index (κ1) is 14.3. The summed E-state index contributed by atoms with van der Waals surface area (Å²) >= 11 is 0. The van der Waals surface area contributed by atoms with Crippen LogP contribution in [0.1, 0.15) is 18.5 Å². The Bertz CT molecular complexity index is 963. The van der Waals surface area contributed by atoms with Crippen molar-refractivity contribution in [3.8, 4) is 5.82 Å². The predicted molar refractivity (Wildman–Crippen MR) is 92.9 cm³/mol. The number of pyridine rings is 1. The van der Waals surface area contributed by atoms with E-state index in [-0.39, 0.29) is 6.04 Å². The van der Waals surface area contributed by atoms with Gasteiger partial charge in [0.1, 0.15) is 12.1 Å². The molecule has 4 rings (SSSR count). The number of fused-ring (bicyclic) bond motifs is 1. The van der Waals surface area contributed by atoms with Gasteiger partial charge in [-0.1, -0.05) is 12.1 Å². The lowest BCUT2D eigenvalue weighted by atomic mass is 10.1. The summed E-state index contributed by atoms with van der Waals surface area (Å²) in [7, 11) is 0.